The summed E-state index contributed by atoms with van der Waals surface area (Å²) in [5.74, 6) is 0.188. The maximum Gasteiger partial charge on any atom is 0.320 e. The van der Waals surface area contributed by atoms with Crippen LogP contribution in [0.25, 0.3) is 0 Å². The predicted octanol–water partition coefficient (Wildman–Crippen LogP) is 1.28. The van der Waals surface area contributed by atoms with Gasteiger partial charge in [0.2, 0.25) is 0 Å². The lowest BCUT2D eigenvalue weighted by Gasteiger charge is -2.45. The highest BCUT2D eigenvalue weighted by Crippen LogP contribution is 2.36. The smallest absolute Gasteiger partial charge is 0.320 e. The van der Waals surface area contributed by atoms with E-state index in [1.165, 1.54) is 0 Å². The van der Waals surface area contributed by atoms with E-state index in [0.717, 1.165) is 32.1 Å². The molecule has 1 saturated carbocycles. The lowest BCUT2D eigenvalue weighted by atomic mass is 9.78. The van der Waals surface area contributed by atoms with Crippen LogP contribution in [-0.4, -0.2) is 68.3 Å². The van der Waals surface area contributed by atoms with Crippen molar-refractivity contribution in [1.82, 2.24) is 9.80 Å². The molecule has 2 rings (SSSR count). The summed E-state index contributed by atoms with van der Waals surface area (Å²) in [7, 11) is 0.903. The third-order valence-electron chi connectivity index (χ3n) is 4.71. The summed E-state index contributed by atoms with van der Waals surface area (Å²) >= 11 is 0. The number of urea groups is 1. The molecule has 6 nitrogen and oxygen atoms in total. The Kier molecular flexibility index (Phi) is 5.24. The van der Waals surface area contributed by atoms with Gasteiger partial charge in [0, 0.05) is 42.4 Å². The average Bonchev–Trinajstić information content (AvgIpc) is 2.47. The SMILES string of the molecule is CN(C(=O)N1CCS(=O)CC1)C1(CC(=O)O)CCCCC1. The molecule has 0 atom stereocenters. The number of amides is 2. The molecule has 0 bridgehead atoms. The van der Waals surface area contributed by atoms with Crippen molar-refractivity contribution in [3.63, 3.8) is 0 Å². The molecule has 2 amide bonds. The van der Waals surface area contributed by atoms with Crippen molar-refractivity contribution in [3.05, 3.63) is 0 Å². The first-order valence-electron chi connectivity index (χ1n) is 7.54. The van der Waals surface area contributed by atoms with E-state index in [4.69, 9.17) is 0 Å². The zero-order chi connectivity index (χ0) is 15.5. The molecule has 0 radical (unpaired) electrons. The minimum absolute atomic E-state index is 0.00894. The molecule has 1 N–H and O–H groups in total. The van der Waals surface area contributed by atoms with Gasteiger partial charge in [-0.15, -0.1) is 0 Å². The van der Waals surface area contributed by atoms with Crippen molar-refractivity contribution in [3.8, 4) is 0 Å². The van der Waals surface area contributed by atoms with Crippen LogP contribution in [0.3, 0.4) is 0 Å². The van der Waals surface area contributed by atoms with Gasteiger partial charge in [0.15, 0.2) is 0 Å². The maximum absolute atomic E-state index is 12.7. The average molecular weight is 316 g/mol. The van der Waals surface area contributed by atoms with E-state index in [1.807, 2.05) is 0 Å². The topological polar surface area (TPSA) is 77.9 Å². The second kappa shape index (κ2) is 6.77. The summed E-state index contributed by atoms with van der Waals surface area (Å²) in [4.78, 5) is 27.2. The second-order valence-electron chi connectivity index (χ2n) is 6.03. The summed E-state index contributed by atoms with van der Waals surface area (Å²) in [5, 5.41) is 9.21. The summed E-state index contributed by atoms with van der Waals surface area (Å²) in [6.45, 7) is 0.998. The number of hydrogen-bond acceptors (Lipinski definition) is 3. The Balaban J connectivity index is 2.09. The van der Waals surface area contributed by atoms with Gasteiger partial charge in [-0.05, 0) is 12.8 Å². The van der Waals surface area contributed by atoms with Gasteiger partial charge in [-0.3, -0.25) is 9.00 Å². The van der Waals surface area contributed by atoms with Crippen molar-refractivity contribution in [2.45, 2.75) is 44.1 Å². The lowest BCUT2D eigenvalue weighted by Crippen LogP contribution is -2.57. The van der Waals surface area contributed by atoms with Gasteiger partial charge in [0.1, 0.15) is 0 Å². The first kappa shape index (κ1) is 16.3. The summed E-state index contributed by atoms with van der Waals surface area (Å²) in [5.41, 5.74) is -0.558. The number of carbonyl (C=O) groups is 2. The van der Waals surface area contributed by atoms with Crippen molar-refractivity contribution >= 4 is 22.8 Å². The van der Waals surface area contributed by atoms with Crippen LogP contribution in [0.1, 0.15) is 38.5 Å². The molecule has 0 spiro atoms. The van der Waals surface area contributed by atoms with Crippen LogP contribution in [0.4, 0.5) is 4.79 Å². The third kappa shape index (κ3) is 3.75. The van der Waals surface area contributed by atoms with Crippen molar-refractivity contribution in [1.29, 1.82) is 0 Å². The van der Waals surface area contributed by atoms with Crippen molar-refractivity contribution < 1.29 is 18.9 Å². The van der Waals surface area contributed by atoms with Gasteiger partial charge >= 0.3 is 12.0 Å². The van der Waals surface area contributed by atoms with E-state index in [2.05, 4.69) is 0 Å². The Morgan fingerprint density at radius 3 is 2.29 bits per heavy atom. The van der Waals surface area contributed by atoms with Gasteiger partial charge in [-0.2, -0.15) is 0 Å². The highest BCUT2D eigenvalue weighted by molar-refractivity contribution is 7.85. The zero-order valence-electron chi connectivity index (χ0n) is 12.5. The van der Waals surface area contributed by atoms with E-state index < -0.39 is 22.3 Å². The van der Waals surface area contributed by atoms with E-state index >= 15 is 0 Å². The molecule has 0 unspecified atom stereocenters. The molecule has 2 fully saturated rings. The molecule has 0 aromatic rings. The molecule has 1 aliphatic carbocycles. The number of carboxylic acid groups (broad SMARTS) is 1. The standard InChI is InChI=1S/C14H24N2O4S/c1-15(13(19)16-7-9-21(20)10-8-16)14(11-12(17)18)5-3-2-4-6-14/h2-11H2,1H3,(H,17,18). The molecule has 1 saturated heterocycles. The molecule has 1 aliphatic heterocycles. The molecule has 21 heavy (non-hydrogen) atoms. The highest BCUT2D eigenvalue weighted by Gasteiger charge is 2.42. The Hall–Kier alpha value is -1.11. The molecular weight excluding hydrogens is 292 g/mol. The quantitative estimate of drug-likeness (QED) is 0.851. The van der Waals surface area contributed by atoms with E-state index in [-0.39, 0.29) is 12.5 Å². The lowest BCUT2D eigenvalue weighted by molar-refractivity contribution is -0.140. The molecule has 7 heteroatoms. The first-order valence-corrected chi connectivity index (χ1v) is 9.03. The largest absolute Gasteiger partial charge is 0.481 e. The van der Waals surface area contributed by atoms with Gasteiger partial charge in [-0.25, -0.2) is 4.79 Å². The van der Waals surface area contributed by atoms with Gasteiger partial charge in [-0.1, -0.05) is 19.3 Å². The van der Waals surface area contributed by atoms with Crippen LogP contribution in [0.5, 0.6) is 0 Å². The van der Waals surface area contributed by atoms with Crippen LogP contribution in [0, 0.1) is 0 Å². The molecule has 0 aromatic heterocycles. The Labute approximate surface area is 127 Å². The van der Waals surface area contributed by atoms with Crippen LogP contribution in [-0.2, 0) is 15.6 Å². The fraction of sp³-hybridized carbons (Fsp3) is 0.857. The van der Waals surface area contributed by atoms with E-state index in [1.54, 1.807) is 16.8 Å². The van der Waals surface area contributed by atoms with Crippen LogP contribution in [0.2, 0.25) is 0 Å². The number of aliphatic carboxylic acids is 1. The minimum Gasteiger partial charge on any atom is -0.481 e. The summed E-state index contributed by atoms with van der Waals surface area (Å²) < 4.78 is 11.4. The predicted molar refractivity (Wildman–Crippen MR) is 80.7 cm³/mol. The van der Waals surface area contributed by atoms with Crippen LogP contribution in [0.15, 0.2) is 0 Å². The fourth-order valence-corrected chi connectivity index (χ4v) is 4.42. The number of carboxylic acids is 1. The second-order valence-corrected chi connectivity index (χ2v) is 7.73. The Morgan fingerprint density at radius 2 is 1.76 bits per heavy atom. The number of nitrogens with zero attached hydrogens (tertiary/aromatic N) is 2. The van der Waals surface area contributed by atoms with Gasteiger partial charge < -0.3 is 14.9 Å². The molecule has 2 aliphatic rings. The van der Waals surface area contributed by atoms with Crippen LogP contribution < -0.4 is 0 Å². The number of rotatable bonds is 3. The normalized spacial score (nSPS) is 22.8. The van der Waals surface area contributed by atoms with Crippen LogP contribution >= 0.6 is 0 Å². The number of hydrogen-bond donors (Lipinski definition) is 1. The third-order valence-corrected chi connectivity index (χ3v) is 5.99. The summed E-state index contributed by atoms with van der Waals surface area (Å²) in [6, 6.07) is -0.116. The van der Waals surface area contributed by atoms with E-state index in [0.29, 0.717) is 24.6 Å². The first-order chi connectivity index (χ1) is 9.94. The van der Waals surface area contributed by atoms with Gasteiger partial charge in [0.05, 0.1) is 12.0 Å². The Morgan fingerprint density at radius 1 is 1.19 bits per heavy atom. The molecule has 120 valence electrons. The fourth-order valence-electron chi connectivity index (χ4n) is 3.37. The van der Waals surface area contributed by atoms with Crippen molar-refractivity contribution in [2.24, 2.45) is 0 Å². The summed E-state index contributed by atoms with van der Waals surface area (Å²) in [6.07, 6.45) is 4.55. The maximum atomic E-state index is 12.7. The Bertz CT molecular complexity index is 425. The number of carbonyl (C=O) groups excluding carboxylic acids is 1. The molecule has 0 aromatic carbocycles. The highest BCUT2D eigenvalue weighted by atomic mass is 32.2. The van der Waals surface area contributed by atoms with Crippen molar-refractivity contribution in [2.75, 3.05) is 31.6 Å². The zero-order valence-corrected chi connectivity index (χ0v) is 13.4. The minimum atomic E-state index is -0.851. The molecule has 1 heterocycles. The monoisotopic (exact) mass is 316 g/mol. The van der Waals surface area contributed by atoms with E-state index in [9.17, 15) is 18.9 Å². The molecular formula is C14H24N2O4S. The van der Waals surface area contributed by atoms with Gasteiger partial charge in [0.25, 0.3) is 0 Å².